The molecular weight excluding hydrogens is 335 g/mol. The Balaban J connectivity index is 2.23. The van der Waals surface area contributed by atoms with E-state index in [1.807, 2.05) is 11.8 Å². The number of nitrogens with two attached hydrogens (primary N) is 1. The Bertz CT molecular complexity index is 404. The van der Waals surface area contributed by atoms with Gasteiger partial charge in [-0.05, 0) is 29.5 Å². The van der Waals surface area contributed by atoms with Gasteiger partial charge in [0.1, 0.15) is 15.7 Å². The molecular formula is C10H15IN4O2. The van der Waals surface area contributed by atoms with Crippen LogP contribution in [0, 0.1) is 3.70 Å². The third-order valence-electron chi connectivity index (χ3n) is 2.64. The number of hydrogen-bond donors (Lipinski definition) is 2. The summed E-state index contributed by atoms with van der Waals surface area (Å²) in [5.41, 5.74) is 6.55. The second-order valence-electron chi connectivity index (χ2n) is 4.06. The molecule has 1 aliphatic heterocycles. The predicted octanol–water partition coefficient (Wildman–Crippen LogP) is 0.249. The maximum Gasteiger partial charge on any atom is 0.156 e. The van der Waals surface area contributed by atoms with Crippen LogP contribution in [0.3, 0.4) is 0 Å². The number of morpholine rings is 1. The quantitative estimate of drug-likeness (QED) is 0.588. The predicted molar refractivity (Wildman–Crippen MR) is 72.8 cm³/mol. The Hall–Kier alpha value is -0.670. The molecule has 1 aromatic rings. The Morgan fingerprint density at radius 1 is 1.59 bits per heavy atom. The molecule has 6 nitrogen and oxygen atoms in total. The molecule has 94 valence electrons. The van der Waals surface area contributed by atoms with Crippen LogP contribution in [0.1, 0.15) is 6.92 Å². The van der Waals surface area contributed by atoms with E-state index < -0.39 is 0 Å². The number of halogens is 1. The third-order valence-corrected chi connectivity index (χ3v) is 3.50. The zero-order valence-electron chi connectivity index (χ0n) is 9.51. The second kappa shape index (κ2) is 5.32. The molecule has 0 aliphatic carbocycles. The number of rotatable bonds is 2. The summed E-state index contributed by atoms with van der Waals surface area (Å²) in [6, 6.07) is 0. The van der Waals surface area contributed by atoms with Crippen LogP contribution in [0.2, 0.25) is 0 Å². The lowest BCUT2D eigenvalue weighted by molar-refractivity contribution is -0.0422. The van der Waals surface area contributed by atoms with Crippen LogP contribution in [-0.4, -0.2) is 47.0 Å². The van der Waals surface area contributed by atoms with Crippen molar-refractivity contribution in [3.8, 4) is 0 Å². The lowest BCUT2D eigenvalue weighted by atomic mass is 10.2. The third kappa shape index (κ3) is 2.78. The molecule has 17 heavy (non-hydrogen) atoms. The van der Waals surface area contributed by atoms with Gasteiger partial charge in [-0.15, -0.1) is 0 Å². The lowest BCUT2D eigenvalue weighted by Crippen LogP contribution is -2.48. The molecule has 3 N–H and O–H groups in total. The Labute approximate surface area is 113 Å². The standard InChI is InChI=1S/C10H15IN4O2/c1-6-2-15(3-7(4-16)17-6)10-8(12)9(11)13-5-14-10/h5-7,16H,2-4,12H2,1H3/t6-,7+/m1/s1. The summed E-state index contributed by atoms with van der Waals surface area (Å²) in [6.07, 6.45) is 1.36. The first-order valence-electron chi connectivity index (χ1n) is 5.39. The topological polar surface area (TPSA) is 84.5 Å². The Morgan fingerprint density at radius 2 is 2.35 bits per heavy atom. The first-order chi connectivity index (χ1) is 8.11. The lowest BCUT2D eigenvalue weighted by Gasteiger charge is -2.37. The van der Waals surface area contributed by atoms with E-state index in [4.69, 9.17) is 10.5 Å². The molecule has 2 atom stereocenters. The largest absolute Gasteiger partial charge is 0.394 e. The van der Waals surface area contributed by atoms with Gasteiger partial charge in [-0.2, -0.15) is 0 Å². The van der Waals surface area contributed by atoms with Crippen molar-refractivity contribution >= 4 is 34.1 Å². The molecule has 0 bridgehead atoms. The summed E-state index contributed by atoms with van der Waals surface area (Å²) in [5.74, 6) is 0.720. The molecule has 0 amide bonds. The van der Waals surface area contributed by atoms with Crippen LogP contribution in [0.25, 0.3) is 0 Å². The highest BCUT2D eigenvalue weighted by Crippen LogP contribution is 2.26. The summed E-state index contributed by atoms with van der Waals surface area (Å²) in [6.45, 7) is 3.28. The first-order valence-corrected chi connectivity index (χ1v) is 6.47. The number of aromatic nitrogens is 2. The Morgan fingerprint density at radius 3 is 3.06 bits per heavy atom. The van der Waals surface area contributed by atoms with E-state index in [9.17, 15) is 5.11 Å². The van der Waals surface area contributed by atoms with Gasteiger partial charge >= 0.3 is 0 Å². The fraction of sp³-hybridized carbons (Fsp3) is 0.600. The van der Waals surface area contributed by atoms with Gasteiger partial charge in [0.25, 0.3) is 0 Å². The van der Waals surface area contributed by atoms with Gasteiger partial charge in [0.15, 0.2) is 5.82 Å². The molecule has 7 heteroatoms. The monoisotopic (exact) mass is 350 g/mol. The van der Waals surface area contributed by atoms with Crippen LogP contribution in [-0.2, 0) is 4.74 Å². The maximum absolute atomic E-state index is 9.18. The number of anilines is 2. The zero-order valence-corrected chi connectivity index (χ0v) is 11.7. The molecule has 1 saturated heterocycles. The number of hydrogen-bond acceptors (Lipinski definition) is 6. The minimum absolute atomic E-state index is 0.00290. The van der Waals surface area contributed by atoms with Crippen molar-refractivity contribution in [3.05, 3.63) is 10.0 Å². The van der Waals surface area contributed by atoms with Crippen LogP contribution < -0.4 is 10.6 Å². The van der Waals surface area contributed by atoms with Crippen LogP contribution in [0.4, 0.5) is 11.5 Å². The summed E-state index contributed by atoms with van der Waals surface area (Å²) in [5, 5.41) is 9.18. The van der Waals surface area contributed by atoms with Crippen molar-refractivity contribution in [1.82, 2.24) is 9.97 Å². The summed E-state index contributed by atoms with van der Waals surface area (Å²) in [4.78, 5) is 10.3. The summed E-state index contributed by atoms with van der Waals surface area (Å²) in [7, 11) is 0. The van der Waals surface area contributed by atoms with Gasteiger partial charge in [-0.3, -0.25) is 0 Å². The average molecular weight is 350 g/mol. The highest BCUT2D eigenvalue weighted by molar-refractivity contribution is 14.1. The highest BCUT2D eigenvalue weighted by atomic mass is 127. The Kier molecular flexibility index (Phi) is 4.00. The summed E-state index contributed by atoms with van der Waals surface area (Å²) < 4.78 is 6.32. The van der Waals surface area contributed by atoms with Gasteiger partial charge in [-0.25, -0.2) is 9.97 Å². The minimum Gasteiger partial charge on any atom is -0.394 e. The maximum atomic E-state index is 9.18. The SMILES string of the molecule is C[C@@H]1CN(c2ncnc(I)c2N)C[C@@H](CO)O1. The number of nitrogens with zero attached hydrogens (tertiary/aromatic N) is 3. The van der Waals surface area contributed by atoms with Gasteiger partial charge < -0.3 is 20.5 Å². The van der Waals surface area contributed by atoms with E-state index in [-0.39, 0.29) is 18.8 Å². The van der Waals surface area contributed by atoms with Crippen LogP contribution >= 0.6 is 22.6 Å². The van der Waals surface area contributed by atoms with Gasteiger partial charge in [-0.1, -0.05) is 0 Å². The van der Waals surface area contributed by atoms with Crippen LogP contribution in [0.5, 0.6) is 0 Å². The molecule has 1 fully saturated rings. The molecule has 0 aromatic carbocycles. The van der Waals surface area contributed by atoms with E-state index in [0.717, 1.165) is 9.52 Å². The van der Waals surface area contributed by atoms with Crippen molar-refractivity contribution in [2.24, 2.45) is 0 Å². The fourth-order valence-electron chi connectivity index (χ4n) is 1.94. The minimum atomic E-state index is -0.189. The number of nitrogen functional groups attached to an aromatic ring is 1. The molecule has 2 rings (SSSR count). The van der Waals surface area contributed by atoms with Gasteiger partial charge in [0, 0.05) is 13.1 Å². The van der Waals surface area contributed by atoms with E-state index >= 15 is 0 Å². The van der Waals surface area contributed by atoms with E-state index in [1.54, 1.807) is 0 Å². The molecule has 0 spiro atoms. The number of aliphatic hydroxyl groups excluding tert-OH is 1. The molecule has 0 unspecified atom stereocenters. The average Bonchev–Trinajstić information content (AvgIpc) is 2.31. The fourth-order valence-corrected chi connectivity index (χ4v) is 2.30. The first kappa shape index (κ1) is 12.8. The van der Waals surface area contributed by atoms with Crippen molar-refractivity contribution in [2.75, 3.05) is 30.3 Å². The number of aliphatic hydroxyl groups is 1. The molecule has 1 aliphatic rings. The van der Waals surface area contributed by atoms with E-state index in [1.165, 1.54) is 6.33 Å². The van der Waals surface area contributed by atoms with Crippen LogP contribution in [0.15, 0.2) is 6.33 Å². The second-order valence-corrected chi connectivity index (χ2v) is 5.08. The molecule has 1 aromatic heterocycles. The summed E-state index contributed by atoms with van der Waals surface area (Å²) >= 11 is 2.08. The molecule has 2 heterocycles. The van der Waals surface area contributed by atoms with Crippen molar-refractivity contribution < 1.29 is 9.84 Å². The smallest absolute Gasteiger partial charge is 0.156 e. The molecule has 0 radical (unpaired) electrons. The van der Waals surface area contributed by atoms with Gasteiger partial charge in [0.05, 0.1) is 18.8 Å². The number of ether oxygens (including phenoxy) is 1. The highest BCUT2D eigenvalue weighted by Gasteiger charge is 2.27. The van der Waals surface area contributed by atoms with Crippen molar-refractivity contribution in [1.29, 1.82) is 0 Å². The molecule has 0 saturated carbocycles. The zero-order chi connectivity index (χ0) is 12.4. The van der Waals surface area contributed by atoms with Crippen molar-refractivity contribution in [2.45, 2.75) is 19.1 Å². The van der Waals surface area contributed by atoms with Crippen molar-refractivity contribution in [3.63, 3.8) is 0 Å². The van der Waals surface area contributed by atoms with E-state index in [0.29, 0.717) is 18.8 Å². The van der Waals surface area contributed by atoms with Gasteiger partial charge in [0.2, 0.25) is 0 Å². The van der Waals surface area contributed by atoms with E-state index in [2.05, 4.69) is 32.6 Å². The normalized spacial score (nSPS) is 25.0.